The number of imide groups is 1. The van der Waals surface area contributed by atoms with Crippen LogP contribution in [0.3, 0.4) is 0 Å². The molecule has 0 aromatic carbocycles. The van der Waals surface area contributed by atoms with Gasteiger partial charge in [-0.1, -0.05) is 17.7 Å². The summed E-state index contributed by atoms with van der Waals surface area (Å²) in [6.07, 6.45) is 6.80. The average molecular weight is 237 g/mol. The molecule has 3 rings (SSSR count). The first-order valence-corrected chi connectivity index (χ1v) is 5.55. The van der Waals surface area contributed by atoms with E-state index in [1.807, 2.05) is 0 Å². The minimum absolute atomic E-state index is 0.0423. The number of carbonyl (C=O) groups is 2. The third-order valence-electron chi connectivity index (χ3n) is 2.92. The number of hydrogen-bond donors (Lipinski definition) is 0. The van der Waals surface area contributed by atoms with Gasteiger partial charge in [0, 0.05) is 11.1 Å². The third kappa shape index (κ3) is 1.33. The molecule has 1 unspecified atom stereocenters. The second-order valence-electron chi connectivity index (χ2n) is 4.10. The molecule has 2 aliphatic carbocycles. The molecule has 3 amide bonds. The van der Waals surface area contributed by atoms with E-state index in [2.05, 4.69) is 4.99 Å². The number of nitrogens with zero attached hydrogens (tertiary/aromatic N) is 2. The zero-order valence-corrected chi connectivity index (χ0v) is 9.15. The fourth-order valence-corrected chi connectivity index (χ4v) is 2.26. The highest BCUT2D eigenvalue weighted by Crippen LogP contribution is 2.34. The van der Waals surface area contributed by atoms with Crippen LogP contribution < -0.4 is 0 Å². The molecular formula is C11H9ClN2O2. The Labute approximate surface area is 97.3 Å². The SMILES string of the molecule is O=C1N=C2C=CC=C(Cl)C2C(=O)N1C1CC1. The Bertz CT molecular complexity index is 474. The summed E-state index contributed by atoms with van der Waals surface area (Å²) >= 11 is 5.99. The summed E-state index contributed by atoms with van der Waals surface area (Å²) in [5.41, 5.74) is 0.458. The molecule has 0 radical (unpaired) electrons. The monoisotopic (exact) mass is 236 g/mol. The lowest BCUT2D eigenvalue weighted by molar-refractivity contribution is -0.129. The van der Waals surface area contributed by atoms with Gasteiger partial charge < -0.3 is 0 Å². The number of allylic oxidation sites excluding steroid dienone is 3. The van der Waals surface area contributed by atoms with Gasteiger partial charge in [-0.15, -0.1) is 0 Å². The highest BCUT2D eigenvalue weighted by Gasteiger charge is 2.45. The molecule has 4 nitrogen and oxygen atoms in total. The number of aliphatic imine (C=N–C) groups is 1. The Morgan fingerprint density at radius 3 is 2.81 bits per heavy atom. The van der Waals surface area contributed by atoms with Crippen LogP contribution in [-0.2, 0) is 4.79 Å². The highest BCUT2D eigenvalue weighted by molar-refractivity contribution is 6.37. The maximum Gasteiger partial charge on any atom is 0.350 e. The number of amides is 3. The first-order valence-electron chi connectivity index (χ1n) is 5.18. The Morgan fingerprint density at radius 2 is 2.12 bits per heavy atom. The quantitative estimate of drug-likeness (QED) is 0.698. The van der Waals surface area contributed by atoms with Crippen LogP contribution in [-0.4, -0.2) is 28.6 Å². The minimum Gasteiger partial charge on any atom is -0.273 e. The van der Waals surface area contributed by atoms with Crippen LogP contribution in [0.25, 0.3) is 0 Å². The molecule has 1 heterocycles. The standard InChI is InChI=1S/C11H9ClN2O2/c12-7-2-1-3-8-9(7)10(15)14(6-4-5-6)11(16)13-8/h1-3,6,9H,4-5H2. The predicted octanol–water partition coefficient (Wildman–Crippen LogP) is 1.86. The fraction of sp³-hybridized carbons (Fsp3) is 0.364. The second-order valence-corrected chi connectivity index (χ2v) is 4.54. The Kier molecular flexibility index (Phi) is 2.01. The van der Waals surface area contributed by atoms with Gasteiger partial charge in [-0.05, 0) is 25.0 Å². The normalized spacial score (nSPS) is 28.8. The first kappa shape index (κ1) is 9.78. The molecule has 3 aliphatic rings. The fourth-order valence-electron chi connectivity index (χ4n) is 1.99. The lowest BCUT2D eigenvalue weighted by Gasteiger charge is -2.29. The molecule has 1 fully saturated rings. The molecule has 0 bridgehead atoms. The lowest BCUT2D eigenvalue weighted by Crippen LogP contribution is -2.47. The van der Waals surface area contributed by atoms with Gasteiger partial charge in [-0.2, -0.15) is 4.99 Å². The van der Waals surface area contributed by atoms with E-state index >= 15 is 0 Å². The van der Waals surface area contributed by atoms with Crippen LogP contribution in [0.2, 0.25) is 0 Å². The smallest absolute Gasteiger partial charge is 0.273 e. The predicted molar refractivity (Wildman–Crippen MR) is 59.3 cm³/mol. The maximum absolute atomic E-state index is 12.1. The van der Waals surface area contributed by atoms with E-state index in [1.54, 1.807) is 18.2 Å². The summed E-state index contributed by atoms with van der Waals surface area (Å²) in [5.74, 6) is -0.798. The summed E-state index contributed by atoms with van der Waals surface area (Å²) in [4.78, 5) is 29.0. The molecular weight excluding hydrogens is 228 g/mol. The van der Waals surface area contributed by atoms with Crippen LogP contribution in [0.15, 0.2) is 28.3 Å². The van der Waals surface area contributed by atoms with Gasteiger partial charge in [0.1, 0.15) is 5.92 Å². The second kappa shape index (κ2) is 3.28. The highest BCUT2D eigenvalue weighted by atomic mass is 35.5. The zero-order valence-electron chi connectivity index (χ0n) is 8.39. The van der Waals surface area contributed by atoms with Gasteiger partial charge >= 0.3 is 6.03 Å². The molecule has 1 aliphatic heterocycles. The maximum atomic E-state index is 12.1. The zero-order chi connectivity index (χ0) is 11.3. The summed E-state index contributed by atoms with van der Waals surface area (Å²) in [7, 11) is 0. The third-order valence-corrected chi connectivity index (χ3v) is 3.27. The van der Waals surface area contributed by atoms with Gasteiger partial charge in [0.2, 0.25) is 5.91 Å². The molecule has 0 spiro atoms. The van der Waals surface area contributed by atoms with Crippen molar-refractivity contribution in [3.05, 3.63) is 23.3 Å². The Balaban J connectivity index is 2.04. The van der Waals surface area contributed by atoms with Crippen molar-refractivity contribution in [3.8, 4) is 0 Å². The van der Waals surface area contributed by atoms with E-state index in [1.165, 1.54) is 4.90 Å². The largest absolute Gasteiger partial charge is 0.350 e. The minimum atomic E-state index is -0.565. The van der Waals surface area contributed by atoms with Crippen molar-refractivity contribution in [1.82, 2.24) is 4.90 Å². The van der Waals surface area contributed by atoms with Crippen LogP contribution >= 0.6 is 11.6 Å². The molecule has 0 N–H and O–H groups in total. The summed E-state index contributed by atoms with van der Waals surface area (Å²) < 4.78 is 0. The molecule has 82 valence electrons. The summed E-state index contributed by atoms with van der Waals surface area (Å²) in [6.45, 7) is 0. The van der Waals surface area contributed by atoms with Gasteiger partial charge in [-0.25, -0.2) is 4.79 Å². The molecule has 16 heavy (non-hydrogen) atoms. The van der Waals surface area contributed by atoms with Crippen molar-refractivity contribution in [1.29, 1.82) is 0 Å². The van der Waals surface area contributed by atoms with Crippen molar-refractivity contribution < 1.29 is 9.59 Å². The average Bonchev–Trinajstić information content (AvgIpc) is 3.01. The first-order chi connectivity index (χ1) is 7.68. The van der Waals surface area contributed by atoms with E-state index in [9.17, 15) is 9.59 Å². The topological polar surface area (TPSA) is 49.7 Å². The van der Waals surface area contributed by atoms with Gasteiger partial charge in [0.05, 0.1) is 5.71 Å². The van der Waals surface area contributed by atoms with Crippen molar-refractivity contribution in [3.63, 3.8) is 0 Å². The number of fused-ring (bicyclic) bond motifs is 1. The number of rotatable bonds is 1. The number of hydrogen-bond acceptors (Lipinski definition) is 2. The number of carbonyl (C=O) groups excluding carboxylic acids is 2. The van der Waals surface area contributed by atoms with E-state index in [-0.39, 0.29) is 11.9 Å². The molecule has 1 atom stereocenters. The van der Waals surface area contributed by atoms with E-state index in [0.29, 0.717) is 10.7 Å². The van der Waals surface area contributed by atoms with E-state index in [4.69, 9.17) is 11.6 Å². The van der Waals surface area contributed by atoms with E-state index < -0.39 is 11.9 Å². The van der Waals surface area contributed by atoms with Crippen LogP contribution in [0.4, 0.5) is 4.79 Å². The lowest BCUT2D eigenvalue weighted by atomic mass is 9.95. The molecule has 0 saturated heterocycles. The Morgan fingerprint density at radius 1 is 1.38 bits per heavy atom. The van der Waals surface area contributed by atoms with Crippen molar-refractivity contribution in [2.45, 2.75) is 18.9 Å². The van der Waals surface area contributed by atoms with Gasteiger partial charge in [0.25, 0.3) is 0 Å². The number of halogens is 1. The van der Waals surface area contributed by atoms with Crippen LogP contribution in [0.1, 0.15) is 12.8 Å². The Hall–Kier alpha value is -1.42. The van der Waals surface area contributed by atoms with Crippen molar-refractivity contribution >= 4 is 29.3 Å². The molecule has 0 aromatic heterocycles. The van der Waals surface area contributed by atoms with Gasteiger partial charge in [0.15, 0.2) is 0 Å². The van der Waals surface area contributed by atoms with Crippen LogP contribution in [0.5, 0.6) is 0 Å². The van der Waals surface area contributed by atoms with Gasteiger partial charge in [-0.3, -0.25) is 9.69 Å². The number of urea groups is 1. The van der Waals surface area contributed by atoms with Crippen molar-refractivity contribution in [2.75, 3.05) is 0 Å². The van der Waals surface area contributed by atoms with Crippen LogP contribution in [0, 0.1) is 5.92 Å². The van der Waals surface area contributed by atoms with Crippen molar-refractivity contribution in [2.24, 2.45) is 10.9 Å². The summed E-state index contributed by atoms with van der Waals surface area (Å²) in [6, 6.07) is -0.407. The molecule has 5 heteroatoms. The molecule has 0 aromatic rings. The van der Waals surface area contributed by atoms with E-state index in [0.717, 1.165) is 12.8 Å². The summed E-state index contributed by atoms with van der Waals surface area (Å²) in [5, 5.41) is 0.435. The molecule has 1 saturated carbocycles.